The zero-order chi connectivity index (χ0) is 20.3. The van der Waals surface area contributed by atoms with E-state index in [-0.39, 0.29) is 36.5 Å². The monoisotopic (exact) mass is 393 g/mol. The number of carboxylic acids is 1. The standard InChI is InChI=1S/C20H28FN3O4/c1-12(2)28-18-7-14(21)5-6-17(18)23-20(27)22-15-8-16(9-15)24(11-19(25)26)10-13-3-4-13/h5-7,12-13,15-16H,3-4,8-11H2,1-2H3,(H,25,26)(H2,22,23,27). The van der Waals surface area contributed by atoms with Crippen molar-refractivity contribution in [3.63, 3.8) is 0 Å². The van der Waals surface area contributed by atoms with Gasteiger partial charge in [0.25, 0.3) is 0 Å². The molecule has 0 saturated heterocycles. The van der Waals surface area contributed by atoms with E-state index in [1.54, 1.807) is 0 Å². The molecule has 28 heavy (non-hydrogen) atoms. The number of ether oxygens (including phenoxy) is 1. The van der Waals surface area contributed by atoms with Gasteiger partial charge in [-0.25, -0.2) is 9.18 Å². The fourth-order valence-electron chi connectivity index (χ4n) is 3.45. The maximum atomic E-state index is 13.5. The molecule has 2 fully saturated rings. The van der Waals surface area contributed by atoms with E-state index in [1.165, 1.54) is 31.0 Å². The lowest BCUT2D eigenvalue weighted by molar-refractivity contribution is -0.139. The van der Waals surface area contributed by atoms with Crippen LogP contribution in [0.5, 0.6) is 5.75 Å². The van der Waals surface area contributed by atoms with Crippen molar-refractivity contribution >= 4 is 17.7 Å². The normalized spacial score (nSPS) is 21.3. The van der Waals surface area contributed by atoms with Gasteiger partial charge in [0, 0.05) is 24.7 Å². The topological polar surface area (TPSA) is 90.9 Å². The Labute approximate surface area is 164 Å². The van der Waals surface area contributed by atoms with Gasteiger partial charge in [0.05, 0.1) is 18.3 Å². The van der Waals surface area contributed by atoms with Crippen LogP contribution in [0.3, 0.4) is 0 Å². The second-order valence-corrected chi connectivity index (χ2v) is 7.99. The van der Waals surface area contributed by atoms with Gasteiger partial charge in [-0.05, 0) is 57.6 Å². The van der Waals surface area contributed by atoms with Crippen LogP contribution in [0.4, 0.5) is 14.9 Å². The van der Waals surface area contributed by atoms with Crippen LogP contribution in [0.15, 0.2) is 18.2 Å². The highest BCUT2D eigenvalue weighted by molar-refractivity contribution is 5.91. The van der Waals surface area contributed by atoms with Crippen molar-refractivity contribution in [3.8, 4) is 5.75 Å². The SMILES string of the molecule is CC(C)Oc1cc(F)ccc1NC(=O)NC1CC(N(CC(=O)O)CC2CC2)C1. The second-order valence-electron chi connectivity index (χ2n) is 7.99. The van der Waals surface area contributed by atoms with Crippen molar-refractivity contribution < 1.29 is 23.8 Å². The van der Waals surface area contributed by atoms with Gasteiger partial charge >= 0.3 is 12.0 Å². The molecule has 0 radical (unpaired) electrons. The van der Waals surface area contributed by atoms with Gasteiger partial charge in [-0.3, -0.25) is 9.69 Å². The highest BCUT2D eigenvalue weighted by Gasteiger charge is 2.37. The van der Waals surface area contributed by atoms with Crippen molar-refractivity contribution in [2.75, 3.05) is 18.4 Å². The molecule has 7 nitrogen and oxygen atoms in total. The first kappa shape index (κ1) is 20.4. The van der Waals surface area contributed by atoms with E-state index in [4.69, 9.17) is 9.84 Å². The lowest BCUT2D eigenvalue weighted by Gasteiger charge is -2.42. The van der Waals surface area contributed by atoms with Gasteiger partial charge < -0.3 is 20.5 Å². The van der Waals surface area contributed by atoms with Crippen LogP contribution < -0.4 is 15.4 Å². The van der Waals surface area contributed by atoms with Gasteiger partial charge in [0.2, 0.25) is 0 Å². The van der Waals surface area contributed by atoms with Gasteiger partial charge in [0.15, 0.2) is 0 Å². The van der Waals surface area contributed by atoms with Gasteiger partial charge in [-0.1, -0.05) is 0 Å². The molecule has 0 unspecified atom stereocenters. The summed E-state index contributed by atoms with van der Waals surface area (Å²) < 4.78 is 19.0. The molecule has 0 spiro atoms. The number of aliphatic carboxylic acids is 1. The van der Waals surface area contributed by atoms with Gasteiger partial charge in [0.1, 0.15) is 11.6 Å². The van der Waals surface area contributed by atoms with Crippen LogP contribution in [0.1, 0.15) is 39.5 Å². The number of carboxylic acid groups (broad SMARTS) is 1. The highest BCUT2D eigenvalue weighted by atomic mass is 19.1. The van der Waals surface area contributed by atoms with Crippen LogP contribution in [0.25, 0.3) is 0 Å². The van der Waals surface area contributed by atoms with E-state index < -0.39 is 11.8 Å². The number of nitrogens with zero attached hydrogens (tertiary/aromatic N) is 1. The van der Waals surface area contributed by atoms with Crippen molar-refractivity contribution in [3.05, 3.63) is 24.0 Å². The summed E-state index contributed by atoms with van der Waals surface area (Å²) in [7, 11) is 0. The molecule has 0 atom stereocenters. The second kappa shape index (κ2) is 8.77. The van der Waals surface area contributed by atoms with E-state index in [0.717, 1.165) is 19.4 Å². The van der Waals surface area contributed by atoms with Crippen LogP contribution in [0, 0.1) is 11.7 Å². The minimum Gasteiger partial charge on any atom is -0.489 e. The largest absolute Gasteiger partial charge is 0.489 e. The van der Waals surface area contributed by atoms with Crippen LogP contribution in [-0.2, 0) is 4.79 Å². The summed E-state index contributed by atoms with van der Waals surface area (Å²) >= 11 is 0. The number of benzene rings is 1. The number of hydrogen-bond donors (Lipinski definition) is 3. The lowest BCUT2D eigenvalue weighted by atomic mass is 9.85. The van der Waals surface area contributed by atoms with Crippen LogP contribution >= 0.6 is 0 Å². The summed E-state index contributed by atoms with van der Waals surface area (Å²) in [5.41, 5.74) is 0.407. The Balaban J connectivity index is 1.49. The molecule has 3 rings (SSSR count). The highest BCUT2D eigenvalue weighted by Crippen LogP contribution is 2.34. The average Bonchev–Trinajstić information content (AvgIpc) is 3.35. The van der Waals surface area contributed by atoms with Crippen LogP contribution in [0.2, 0.25) is 0 Å². The molecule has 154 valence electrons. The summed E-state index contributed by atoms with van der Waals surface area (Å²) in [6.45, 7) is 4.52. The number of carbonyl (C=O) groups is 2. The summed E-state index contributed by atoms with van der Waals surface area (Å²) in [5.74, 6) is -0.345. The molecular weight excluding hydrogens is 365 g/mol. The minimum absolute atomic E-state index is 0.00425. The first-order chi connectivity index (χ1) is 13.3. The maximum absolute atomic E-state index is 13.5. The molecule has 0 aliphatic heterocycles. The quantitative estimate of drug-likeness (QED) is 0.600. The van der Waals surface area contributed by atoms with Crippen LogP contribution in [-0.4, -0.2) is 53.3 Å². The maximum Gasteiger partial charge on any atom is 0.319 e. The molecule has 2 saturated carbocycles. The predicted molar refractivity (Wildman–Crippen MR) is 103 cm³/mol. The van der Waals surface area contributed by atoms with Crippen molar-refractivity contribution in [2.24, 2.45) is 5.92 Å². The molecule has 2 aliphatic carbocycles. The van der Waals surface area contributed by atoms with E-state index in [9.17, 15) is 14.0 Å². The first-order valence-electron chi connectivity index (χ1n) is 9.79. The first-order valence-corrected chi connectivity index (χ1v) is 9.79. The molecule has 8 heteroatoms. The Kier molecular flexibility index (Phi) is 6.39. The number of halogens is 1. The zero-order valence-corrected chi connectivity index (χ0v) is 16.3. The molecule has 0 bridgehead atoms. The summed E-state index contributed by atoms with van der Waals surface area (Å²) in [4.78, 5) is 25.4. The van der Waals surface area contributed by atoms with Crippen molar-refractivity contribution in [2.45, 2.75) is 57.7 Å². The van der Waals surface area contributed by atoms with Crippen molar-refractivity contribution in [1.29, 1.82) is 0 Å². The Hall–Kier alpha value is -2.35. The molecule has 0 heterocycles. The van der Waals surface area contributed by atoms with E-state index in [0.29, 0.717) is 11.6 Å². The number of carbonyl (C=O) groups excluding carboxylic acids is 1. The van der Waals surface area contributed by atoms with Gasteiger partial charge in [-0.2, -0.15) is 0 Å². The van der Waals surface area contributed by atoms with Crippen molar-refractivity contribution in [1.82, 2.24) is 10.2 Å². The summed E-state index contributed by atoms with van der Waals surface area (Å²) in [5, 5.41) is 14.7. The number of rotatable bonds is 9. The molecular formula is C20H28FN3O4. The molecule has 3 N–H and O–H groups in total. The van der Waals surface area contributed by atoms with E-state index >= 15 is 0 Å². The molecule has 0 aromatic heterocycles. The number of nitrogens with one attached hydrogen (secondary N) is 2. The molecule has 2 aliphatic rings. The average molecular weight is 393 g/mol. The third kappa shape index (κ3) is 5.82. The third-order valence-electron chi connectivity index (χ3n) is 5.05. The Morgan fingerprint density at radius 2 is 2.04 bits per heavy atom. The fourth-order valence-corrected chi connectivity index (χ4v) is 3.45. The third-order valence-corrected chi connectivity index (χ3v) is 5.05. The summed E-state index contributed by atoms with van der Waals surface area (Å²) in [6.07, 6.45) is 3.65. The molecule has 2 amide bonds. The minimum atomic E-state index is -0.816. The molecule has 1 aromatic carbocycles. The Morgan fingerprint density at radius 1 is 1.32 bits per heavy atom. The number of urea groups is 1. The molecule has 1 aromatic rings. The van der Waals surface area contributed by atoms with E-state index in [1.807, 2.05) is 18.7 Å². The Morgan fingerprint density at radius 3 is 2.64 bits per heavy atom. The number of anilines is 1. The number of hydrogen-bond acceptors (Lipinski definition) is 4. The predicted octanol–water partition coefficient (Wildman–Crippen LogP) is 3.06. The van der Waals surface area contributed by atoms with Gasteiger partial charge in [-0.15, -0.1) is 0 Å². The summed E-state index contributed by atoms with van der Waals surface area (Å²) in [6, 6.07) is 3.79. The fraction of sp³-hybridized carbons (Fsp3) is 0.600. The lowest BCUT2D eigenvalue weighted by Crippen LogP contribution is -2.55. The number of amides is 2. The Bertz CT molecular complexity index is 717. The zero-order valence-electron chi connectivity index (χ0n) is 16.3. The smallest absolute Gasteiger partial charge is 0.319 e. The van der Waals surface area contributed by atoms with E-state index in [2.05, 4.69) is 10.6 Å².